The van der Waals surface area contributed by atoms with Crippen LogP contribution in [0.25, 0.3) is 0 Å². The first-order chi connectivity index (χ1) is 9.70. The van der Waals surface area contributed by atoms with Crippen LogP contribution in [0.1, 0.15) is 18.4 Å². The van der Waals surface area contributed by atoms with E-state index in [1.807, 2.05) is 0 Å². The molecule has 21 heavy (non-hydrogen) atoms. The van der Waals surface area contributed by atoms with E-state index in [2.05, 4.69) is 10.1 Å². The van der Waals surface area contributed by atoms with Crippen LogP contribution in [0.15, 0.2) is 24.3 Å². The van der Waals surface area contributed by atoms with Crippen molar-refractivity contribution in [2.75, 3.05) is 0 Å². The summed E-state index contributed by atoms with van der Waals surface area (Å²) in [5, 5.41) is 11.3. The van der Waals surface area contributed by atoms with E-state index in [4.69, 9.17) is 5.11 Å². The number of aliphatic carboxylic acids is 1. The summed E-state index contributed by atoms with van der Waals surface area (Å²) in [5.41, 5.74) is -0.910. The molecule has 0 spiro atoms. The Morgan fingerprint density at radius 2 is 2.00 bits per heavy atom. The minimum Gasteiger partial charge on any atom is -0.480 e. The van der Waals surface area contributed by atoms with Crippen molar-refractivity contribution in [3.05, 3.63) is 29.8 Å². The van der Waals surface area contributed by atoms with Crippen molar-refractivity contribution >= 4 is 11.9 Å². The highest BCUT2D eigenvalue weighted by Gasteiger charge is 2.51. The van der Waals surface area contributed by atoms with Crippen LogP contribution in [0.2, 0.25) is 0 Å². The monoisotopic (exact) mass is 303 g/mol. The van der Waals surface area contributed by atoms with Gasteiger partial charge < -0.3 is 15.2 Å². The summed E-state index contributed by atoms with van der Waals surface area (Å²) in [7, 11) is 0. The number of carbonyl (C=O) groups excluding carboxylic acids is 1. The lowest BCUT2D eigenvalue weighted by Crippen LogP contribution is -2.43. The van der Waals surface area contributed by atoms with E-state index in [-0.39, 0.29) is 6.42 Å². The molecule has 0 atom stereocenters. The third-order valence-corrected chi connectivity index (χ3v) is 3.03. The quantitative estimate of drug-likeness (QED) is 0.870. The van der Waals surface area contributed by atoms with Crippen LogP contribution in [0, 0.1) is 0 Å². The van der Waals surface area contributed by atoms with E-state index in [0.717, 1.165) is 12.1 Å². The van der Waals surface area contributed by atoms with Crippen LogP contribution in [0.5, 0.6) is 5.75 Å². The van der Waals surface area contributed by atoms with Gasteiger partial charge >= 0.3 is 12.3 Å². The first kappa shape index (κ1) is 15.1. The number of rotatable bonds is 5. The maximum Gasteiger partial charge on any atom is 0.573 e. The van der Waals surface area contributed by atoms with E-state index in [1.165, 1.54) is 12.1 Å². The number of carbonyl (C=O) groups is 2. The zero-order valence-corrected chi connectivity index (χ0v) is 10.7. The highest BCUT2D eigenvalue weighted by molar-refractivity contribution is 5.90. The molecular weight excluding hydrogens is 291 g/mol. The highest BCUT2D eigenvalue weighted by atomic mass is 19.4. The zero-order valence-electron chi connectivity index (χ0n) is 10.7. The van der Waals surface area contributed by atoms with Gasteiger partial charge in [0, 0.05) is 0 Å². The Bertz CT molecular complexity index is 567. The van der Waals surface area contributed by atoms with Crippen molar-refractivity contribution in [2.24, 2.45) is 0 Å². The number of alkyl halides is 3. The first-order valence-electron chi connectivity index (χ1n) is 6.09. The lowest BCUT2D eigenvalue weighted by molar-refractivity contribution is -0.274. The summed E-state index contributed by atoms with van der Waals surface area (Å²) in [4.78, 5) is 22.7. The third-order valence-electron chi connectivity index (χ3n) is 3.03. The van der Waals surface area contributed by atoms with Crippen molar-refractivity contribution in [2.45, 2.75) is 31.2 Å². The van der Waals surface area contributed by atoms with E-state index in [0.29, 0.717) is 18.4 Å². The molecular formula is C13H12F3NO4. The molecule has 0 bridgehead atoms. The van der Waals surface area contributed by atoms with Gasteiger partial charge in [-0.05, 0) is 30.5 Å². The van der Waals surface area contributed by atoms with Crippen LogP contribution >= 0.6 is 0 Å². The minimum absolute atomic E-state index is 0.218. The van der Waals surface area contributed by atoms with Crippen LogP contribution in [-0.2, 0) is 16.0 Å². The molecule has 0 saturated heterocycles. The Morgan fingerprint density at radius 3 is 2.52 bits per heavy atom. The van der Waals surface area contributed by atoms with Gasteiger partial charge in [0.15, 0.2) is 0 Å². The Kier molecular flexibility index (Phi) is 3.80. The van der Waals surface area contributed by atoms with Gasteiger partial charge in [-0.15, -0.1) is 13.2 Å². The van der Waals surface area contributed by atoms with Crippen molar-refractivity contribution in [1.82, 2.24) is 5.32 Å². The summed E-state index contributed by atoms with van der Waals surface area (Å²) < 4.78 is 40.0. The molecule has 0 unspecified atom stereocenters. The second-order valence-corrected chi connectivity index (χ2v) is 4.81. The number of carboxylic acids is 1. The molecule has 2 rings (SSSR count). The van der Waals surface area contributed by atoms with Crippen LogP contribution in [0.4, 0.5) is 13.2 Å². The average Bonchev–Trinajstić information content (AvgIpc) is 3.07. The number of carboxylic acid groups (broad SMARTS) is 1. The standard InChI is InChI=1S/C13H12F3NO4/c14-13(15,16)21-9-3-1-2-8(6-9)7-10(18)17-12(4-5-12)11(19)20/h1-3,6H,4-5,7H2,(H,17,18)(H,19,20). The summed E-state index contributed by atoms with van der Waals surface area (Å²) in [6, 6.07) is 5.00. The predicted octanol–water partition coefficient (Wildman–Crippen LogP) is 1.86. The molecule has 0 aromatic heterocycles. The maximum absolute atomic E-state index is 12.1. The van der Waals surface area contributed by atoms with Gasteiger partial charge in [-0.1, -0.05) is 12.1 Å². The Labute approximate surface area is 117 Å². The van der Waals surface area contributed by atoms with Crippen LogP contribution in [-0.4, -0.2) is 28.9 Å². The van der Waals surface area contributed by atoms with Gasteiger partial charge in [0.05, 0.1) is 6.42 Å². The molecule has 1 amide bonds. The molecule has 1 aromatic carbocycles. The lowest BCUT2D eigenvalue weighted by atomic mass is 10.1. The average molecular weight is 303 g/mol. The molecule has 1 saturated carbocycles. The third kappa shape index (κ3) is 4.11. The second kappa shape index (κ2) is 5.27. The zero-order chi connectivity index (χ0) is 15.7. The van der Waals surface area contributed by atoms with Crippen molar-refractivity contribution in [3.63, 3.8) is 0 Å². The maximum atomic E-state index is 12.1. The summed E-state index contributed by atoms with van der Waals surface area (Å²) in [6.45, 7) is 0. The Balaban J connectivity index is 1.98. The van der Waals surface area contributed by atoms with Crippen molar-refractivity contribution < 1.29 is 32.6 Å². The van der Waals surface area contributed by atoms with Gasteiger partial charge in [0.2, 0.25) is 5.91 Å². The molecule has 114 valence electrons. The molecule has 1 fully saturated rings. The number of nitrogens with one attached hydrogen (secondary N) is 1. The smallest absolute Gasteiger partial charge is 0.480 e. The number of hydrogen-bond donors (Lipinski definition) is 2. The molecule has 1 aliphatic rings. The molecule has 2 N–H and O–H groups in total. The summed E-state index contributed by atoms with van der Waals surface area (Å²) in [5.74, 6) is -2.09. The minimum atomic E-state index is -4.80. The molecule has 0 heterocycles. The fourth-order valence-electron chi connectivity index (χ4n) is 1.87. The number of amides is 1. The molecule has 5 nitrogen and oxygen atoms in total. The number of halogens is 3. The van der Waals surface area contributed by atoms with Gasteiger partial charge in [0.25, 0.3) is 0 Å². The van der Waals surface area contributed by atoms with Crippen molar-refractivity contribution in [3.8, 4) is 5.75 Å². The van der Waals surface area contributed by atoms with Gasteiger partial charge in [-0.25, -0.2) is 4.79 Å². The van der Waals surface area contributed by atoms with E-state index < -0.39 is 29.5 Å². The normalized spacial score (nSPS) is 16.1. The fourth-order valence-corrected chi connectivity index (χ4v) is 1.87. The van der Waals surface area contributed by atoms with Crippen LogP contribution in [0.3, 0.4) is 0 Å². The summed E-state index contributed by atoms with van der Waals surface area (Å²) in [6.07, 6.45) is -4.32. The van der Waals surface area contributed by atoms with Gasteiger partial charge in [-0.2, -0.15) is 0 Å². The highest BCUT2D eigenvalue weighted by Crippen LogP contribution is 2.35. The first-order valence-corrected chi connectivity index (χ1v) is 6.09. The molecule has 1 aromatic rings. The Morgan fingerprint density at radius 1 is 1.33 bits per heavy atom. The topological polar surface area (TPSA) is 75.6 Å². The molecule has 0 aliphatic heterocycles. The summed E-state index contributed by atoms with van der Waals surface area (Å²) >= 11 is 0. The van der Waals surface area contributed by atoms with E-state index >= 15 is 0 Å². The molecule has 8 heteroatoms. The molecule has 0 radical (unpaired) electrons. The van der Waals surface area contributed by atoms with Crippen LogP contribution < -0.4 is 10.1 Å². The number of hydrogen-bond acceptors (Lipinski definition) is 3. The second-order valence-electron chi connectivity index (χ2n) is 4.81. The lowest BCUT2D eigenvalue weighted by Gasteiger charge is -2.13. The largest absolute Gasteiger partial charge is 0.573 e. The molecule has 1 aliphatic carbocycles. The predicted molar refractivity (Wildman–Crippen MR) is 64.6 cm³/mol. The Hall–Kier alpha value is -2.25. The van der Waals surface area contributed by atoms with E-state index in [1.54, 1.807) is 0 Å². The van der Waals surface area contributed by atoms with Gasteiger partial charge in [0.1, 0.15) is 11.3 Å². The fraction of sp³-hybridized carbons (Fsp3) is 0.385. The SMILES string of the molecule is O=C(Cc1cccc(OC(F)(F)F)c1)NC1(C(=O)O)CC1. The van der Waals surface area contributed by atoms with Crippen molar-refractivity contribution in [1.29, 1.82) is 0 Å². The van der Waals surface area contributed by atoms with Gasteiger partial charge in [-0.3, -0.25) is 4.79 Å². The number of benzene rings is 1. The number of ether oxygens (including phenoxy) is 1. The van der Waals surface area contributed by atoms with E-state index in [9.17, 15) is 22.8 Å².